The van der Waals surface area contributed by atoms with Crippen molar-refractivity contribution in [3.63, 3.8) is 0 Å². The molecule has 0 unspecified atom stereocenters. The number of aliphatic imine (C=N–C) groups is 1. The summed E-state index contributed by atoms with van der Waals surface area (Å²) in [6.07, 6.45) is -5.17. The van der Waals surface area contributed by atoms with E-state index in [9.17, 15) is 18.0 Å². The van der Waals surface area contributed by atoms with Crippen LogP contribution in [0.15, 0.2) is 64.8 Å². The smallest absolute Gasteiger partial charge is 0.390 e. The van der Waals surface area contributed by atoms with E-state index >= 15 is 0 Å². The SMILES string of the molecule is CN1CC/C(=C(/N)CNC(=O)N(CCC(F)(F)F)C(=N)c2ccc(Cl)cc2)C(=NCc2ccccc2Cl)C1. The first kappa shape index (κ1) is 29.5. The van der Waals surface area contributed by atoms with E-state index in [4.69, 9.17) is 39.3 Å². The van der Waals surface area contributed by atoms with Crippen LogP contribution in [0, 0.1) is 5.41 Å². The van der Waals surface area contributed by atoms with Crippen molar-refractivity contribution in [3.05, 3.63) is 81.0 Å². The lowest BCUT2D eigenvalue weighted by Crippen LogP contribution is -2.46. The summed E-state index contributed by atoms with van der Waals surface area (Å²) in [7, 11) is 1.96. The number of nitrogens with zero attached hydrogens (tertiary/aromatic N) is 3. The van der Waals surface area contributed by atoms with Gasteiger partial charge in [-0.1, -0.05) is 41.4 Å². The van der Waals surface area contributed by atoms with E-state index in [0.29, 0.717) is 35.3 Å². The van der Waals surface area contributed by atoms with Gasteiger partial charge in [0.2, 0.25) is 0 Å². The fraction of sp³-hybridized carbons (Fsp3) is 0.346. The van der Waals surface area contributed by atoms with Gasteiger partial charge in [0.25, 0.3) is 0 Å². The molecule has 0 aromatic heterocycles. The molecular weight excluding hydrogens is 540 g/mol. The molecule has 1 heterocycles. The summed E-state index contributed by atoms with van der Waals surface area (Å²) in [5, 5.41) is 11.9. The quantitative estimate of drug-likeness (QED) is 0.305. The minimum atomic E-state index is -4.50. The van der Waals surface area contributed by atoms with Gasteiger partial charge in [0.1, 0.15) is 5.84 Å². The second-order valence-electron chi connectivity index (χ2n) is 8.88. The normalized spacial score (nSPS) is 16.8. The number of benzene rings is 2. The van der Waals surface area contributed by atoms with Crippen molar-refractivity contribution in [3.8, 4) is 0 Å². The van der Waals surface area contributed by atoms with E-state index in [0.717, 1.165) is 28.3 Å². The molecule has 7 nitrogen and oxygen atoms in total. The molecule has 204 valence electrons. The van der Waals surface area contributed by atoms with Gasteiger partial charge in [-0.2, -0.15) is 13.2 Å². The number of carbonyl (C=O) groups excluding carboxylic acids is 1. The van der Waals surface area contributed by atoms with Gasteiger partial charge in [0, 0.05) is 40.9 Å². The molecule has 1 aliphatic rings. The molecule has 0 atom stereocenters. The Balaban J connectivity index is 1.77. The molecule has 4 N–H and O–H groups in total. The van der Waals surface area contributed by atoms with Crippen molar-refractivity contribution < 1.29 is 18.0 Å². The van der Waals surface area contributed by atoms with Crippen molar-refractivity contribution in [2.24, 2.45) is 10.7 Å². The van der Waals surface area contributed by atoms with E-state index in [-0.39, 0.29) is 17.9 Å². The van der Waals surface area contributed by atoms with Crippen LogP contribution in [0.25, 0.3) is 0 Å². The molecule has 2 aromatic carbocycles. The van der Waals surface area contributed by atoms with Crippen LogP contribution in [0.4, 0.5) is 18.0 Å². The van der Waals surface area contributed by atoms with Gasteiger partial charge >= 0.3 is 12.2 Å². The summed E-state index contributed by atoms with van der Waals surface area (Å²) in [5.74, 6) is -0.379. The fourth-order valence-electron chi connectivity index (χ4n) is 3.87. The van der Waals surface area contributed by atoms with Gasteiger partial charge in [0.05, 0.1) is 25.2 Å². The number of amides is 2. The number of alkyl halides is 3. The van der Waals surface area contributed by atoms with E-state index in [2.05, 4.69) is 10.2 Å². The third-order valence-corrected chi connectivity index (χ3v) is 6.60. The highest BCUT2D eigenvalue weighted by molar-refractivity contribution is 6.31. The average molecular weight is 569 g/mol. The Morgan fingerprint density at radius 3 is 2.53 bits per heavy atom. The Kier molecular flexibility index (Phi) is 10.2. The van der Waals surface area contributed by atoms with E-state index in [1.807, 2.05) is 25.2 Å². The minimum absolute atomic E-state index is 0.112. The second-order valence-corrected chi connectivity index (χ2v) is 9.72. The van der Waals surface area contributed by atoms with E-state index < -0.39 is 25.2 Å². The molecule has 2 amide bonds. The molecule has 0 spiro atoms. The molecule has 1 saturated heterocycles. The molecular formula is C26H29Cl2F3N6O. The van der Waals surface area contributed by atoms with Crippen molar-refractivity contribution in [1.29, 1.82) is 5.41 Å². The summed E-state index contributed by atoms with van der Waals surface area (Å²) in [6, 6.07) is 12.5. The fourth-order valence-corrected chi connectivity index (χ4v) is 4.19. The predicted octanol–water partition coefficient (Wildman–Crippen LogP) is 5.47. The molecule has 0 bridgehead atoms. The Labute approximate surface area is 229 Å². The number of amidine groups is 1. The first-order chi connectivity index (χ1) is 17.9. The third-order valence-electron chi connectivity index (χ3n) is 5.98. The first-order valence-electron chi connectivity index (χ1n) is 11.8. The molecule has 12 heteroatoms. The highest BCUT2D eigenvalue weighted by Crippen LogP contribution is 2.22. The minimum Gasteiger partial charge on any atom is -0.400 e. The molecule has 2 aromatic rings. The van der Waals surface area contributed by atoms with Crippen LogP contribution in [-0.4, -0.2) is 66.8 Å². The number of urea groups is 1. The zero-order valence-corrected chi connectivity index (χ0v) is 22.3. The van der Waals surface area contributed by atoms with Gasteiger partial charge in [0.15, 0.2) is 0 Å². The van der Waals surface area contributed by atoms with E-state index in [1.54, 1.807) is 6.07 Å². The van der Waals surface area contributed by atoms with Crippen LogP contribution < -0.4 is 11.1 Å². The number of hydrogen-bond acceptors (Lipinski definition) is 5. The Morgan fingerprint density at radius 2 is 1.87 bits per heavy atom. The van der Waals surface area contributed by atoms with Crippen molar-refractivity contribution >= 4 is 40.8 Å². The highest BCUT2D eigenvalue weighted by Gasteiger charge is 2.31. The van der Waals surface area contributed by atoms with Gasteiger partial charge in [-0.25, -0.2) is 4.79 Å². The Bertz CT molecular complexity index is 1210. The standard InChI is InChI=1S/C26H29Cl2F3N6O/c1-36-12-10-20(23(16-36)34-14-18-4-2-3-5-21(18)28)22(32)15-35-25(38)37(13-11-26(29,30)31)24(33)17-6-8-19(27)9-7-17/h2-9,33H,10-16,32H2,1H3,(H,35,38)/b22-20-,33-24?,34-23?. The van der Waals surface area contributed by atoms with Crippen LogP contribution in [0.5, 0.6) is 0 Å². The highest BCUT2D eigenvalue weighted by atomic mass is 35.5. The number of likely N-dealkylation sites (tertiary alicyclic amines) is 1. The first-order valence-corrected chi connectivity index (χ1v) is 12.6. The maximum Gasteiger partial charge on any atom is 0.390 e. The van der Waals surface area contributed by atoms with Crippen molar-refractivity contribution in [2.45, 2.75) is 25.6 Å². The monoisotopic (exact) mass is 568 g/mol. The van der Waals surface area contributed by atoms with Crippen LogP contribution in [-0.2, 0) is 6.54 Å². The second kappa shape index (κ2) is 13.1. The zero-order chi connectivity index (χ0) is 27.9. The van der Waals surface area contributed by atoms with Crippen LogP contribution in [0.3, 0.4) is 0 Å². The molecule has 3 rings (SSSR count). The summed E-state index contributed by atoms with van der Waals surface area (Å²) in [5.41, 5.74) is 9.37. The summed E-state index contributed by atoms with van der Waals surface area (Å²) in [4.78, 5) is 20.5. The number of rotatable bonds is 7. The van der Waals surface area contributed by atoms with Crippen LogP contribution in [0.2, 0.25) is 10.0 Å². The molecule has 1 aliphatic heterocycles. The lowest BCUT2D eigenvalue weighted by molar-refractivity contribution is -0.135. The average Bonchev–Trinajstić information content (AvgIpc) is 2.86. The third kappa shape index (κ3) is 8.47. The summed E-state index contributed by atoms with van der Waals surface area (Å²) >= 11 is 12.1. The topological polar surface area (TPSA) is 97.8 Å². The lowest BCUT2D eigenvalue weighted by Gasteiger charge is -2.28. The predicted molar refractivity (Wildman–Crippen MR) is 145 cm³/mol. The maximum absolute atomic E-state index is 13.0. The molecule has 0 aliphatic carbocycles. The number of nitrogens with two attached hydrogens (primary N) is 1. The zero-order valence-electron chi connectivity index (χ0n) is 20.8. The lowest BCUT2D eigenvalue weighted by atomic mass is 9.99. The molecule has 0 saturated carbocycles. The van der Waals surface area contributed by atoms with E-state index in [1.165, 1.54) is 24.3 Å². The van der Waals surface area contributed by atoms with Crippen LogP contribution >= 0.6 is 23.2 Å². The van der Waals surface area contributed by atoms with Crippen molar-refractivity contribution in [2.75, 3.05) is 33.2 Å². The molecule has 38 heavy (non-hydrogen) atoms. The number of hydrogen-bond donors (Lipinski definition) is 3. The summed E-state index contributed by atoms with van der Waals surface area (Å²) < 4.78 is 38.9. The van der Waals surface area contributed by atoms with Gasteiger partial charge in [-0.3, -0.25) is 15.3 Å². The number of piperidine rings is 1. The Morgan fingerprint density at radius 1 is 1.18 bits per heavy atom. The molecule has 1 fully saturated rings. The number of halogens is 5. The van der Waals surface area contributed by atoms with Crippen LogP contribution in [0.1, 0.15) is 24.0 Å². The van der Waals surface area contributed by atoms with Gasteiger partial charge < -0.3 is 16.0 Å². The maximum atomic E-state index is 13.0. The van der Waals surface area contributed by atoms with Crippen molar-refractivity contribution in [1.82, 2.24) is 15.1 Å². The Hall–Kier alpha value is -3.08. The molecule has 0 radical (unpaired) electrons. The number of nitrogens with one attached hydrogen (secondary N) is 2. The largest absolute Gasteiger partial charge is 0.400 e. The number of carbonyl (C=O) groups is 1. The summed E-state index contributed by atoms with van der Waals surface area (Å²) in [6.45, 7) is 0.804. The van der Waals surface area contributed by atoms with Gasteiger partial charge in [-0.05, 0) is 54.9 Å². The van der Waals surface area contributed by atoms with Gasteiger partial charge in [-0.15, -0.1) is 0 Å².